The van der Waals surface area contributed by atoms with E-state index in [2.05, 4.69) is 15.8 Å². The number of carbonyl (C=O) groups is 2. The quantitative estimate of drug-likeness (QED) is 0.641. The van der Waals surface area contributed by atoms with Crippen molar-refractivity contribution in [2.24, 2.45) is 0 Å². The standard InChI is InChI=1S/C14H24N4O4/c1-10-8-13(22-17-10)16-14(20)11(2)18(3)9-12(19)15-6-5-7-21-4/h8,11H,5-7,9H2,1-4H3,(H,15,19)(H,16,20). The first kappa shape index (κ1) is 18.1. The van der Waals surface area contributed by atoms with Gasteiger partial charge in [0.05, 0.1) is 18.3 Å². The minimum absolute atomic E-state index is 0.131. The molecule has 1 aromatic rings. The molecule has 2 amide bonds. The monoisotopic (exact) mass is 312 g/mol. The number of likely N-dealkylation sites (N-methyl/N-ethyl adjacent to an activating group) is 1. The first-order chi connectivity index (χ1) is 10.4. The van der Waals surface area contributed by atoms with E-state index in [-0.39, 0.29) is 18.4 Å². The van der Waals surface area contributed by atoms with E-state index in [4.69, 9.17) is 9.26 Å². The number of ether oxygens (including phenoxy) is 1. The van der Waals surface area contributed by atoms with Crippen LogP contribution in [0, 0.1) is 6.92 Å². The van der Waals surface area contributed by atoms with Crippen LogP contribution in [0.4, 0.5) is 5.88 Å². The summed E-state index contributed by atoms with van der Waals surface area (Å²) in [7, 11) is 3.33. The lowest BCUT2D eigenvalue weighted by Gasteiger charge is -2.22. The Morgan fingerprint density at radius 1 is 1.50 bits per heavy atom. The number of amides is 2. The van der Waals surface area contributed by atoms with Gasteiger partial charge in [0.1, 0.15) is 0 Å². The predicted octanol–water partition coefficient (Wildman–Crippen LogP) is 0.395. The van der Waals surface area contributed by atoms with Crippen LogP contribution in [0.25, 0.3) is 0 Å². The molecule has 1 aromatic heterocycles. The third-order valence-electron chi connectivity index (χ3n) is 3.16. The minimum Gasteiger partial charge on any atom is -0.385 e. The Balaban J connectivity index is 2.35. The molecule has 8 nitrogen and oxygen atoms in total. The van der Waals surface area contributed by atoms with E-state index in [0.717, 1.165) is 6.42 Å². The zero-order valence-corrected chi connectivity index (χ0v) is 13.5. The number of hydrogen-bond acceptors (Lipinski definition) is 6. The average molecular weight is 312 g/mol. The van der Waals surface area contributed by atoms with Crippen molar-refractivity contribution in [1.82, 2.24) is 15.4 Å². The van der Waals surface area contributed by atoms with Gasteiger partial charge in [0.15, 0.2) is 0 Å². The number of nitrogens with zero attached hydrogens (tertiary/aromatic N) is 2. The molecule has 0 saturated heterocycles. The van der Waals surface area contributed by atoms with Crippen LogP contribution in [0.3, 0.4) is 0 Å². The minimum atomic E-state index is -0.477. The molecule has 124 valence electrons. The summed E-state index contributed by atoms with van der Waals surface area (Å²) >= 11 is 0. The van der Waals surface area contributed by atoms with E-state index in [1.54, 1.807) is 39.0 Å². The second-order valence-electron chi connectivity index (χ2n) is 5.11. The lowest BCUT2D eigenvalue weighted by Crippen LogP contribution is -2.45. The summed E-state index contributed by atoms with van der Waals surface area (Å²) in [6.45, 7) is 4.78. The third-order valence-corrected chi connectivity index (χ3v) is 3.16. The number of rotatable bonds is 9. The number of aryl methyl sites for hydroxylation is 1. The van der Waals surface area contributed by atoms with Gasteiger partial charge in [-0.2, -0.15) is 0 Å². The van der Waals surface area contributed by atoms with Gasteiger partial charge in [-0.25, -0.2) is 0 Å². The molecule has 0 aliphatic carbocycles. The Kier molecular flexibility index (Phi) is 7.55. The number of nitrogens with one attached hydrogen (secondary N) is 2. The van der Waals surface area contributed by atoms with Crippen molar-refractivity contribution in [3.8, 4) is 0 Å². The van der Waals surface area contributed by atoms with Gasteiger partial charge in [-0.15, -0.1) is 0 Å². The molecule has 2 N–H and O–H groups in total. The summed E-state index contributed by atoms with van der Waals surface area (Å²) in [5.74, 6) is -0.0913. The summed E-state index contributed by atoms with van der Waals surface area (Å²) < 4.78 is 9.83. The summed E-state index contributed by atoms with van der Waals surface area (Å²) in [4.78, 5) is 25.5. The highest BCUT2D eigenvalue weighted by Crippen LogP contribution is 2.09. The molecule has 1 unspecified atom stereocenters. The lowest BCUT2D eigenvalue weighted by molar-refractivity contribution is -0.124. The molecule has 0 spiro atoms. The van der Waals surface area contributed by atoms with E-state index in [0.29, 0.717) is 24.7 Å². The molecule has 0 bridgehead atoms. The topological polar surface area (TPSA) is 96.7 Å². The van der Waals surface area contributed by atoms with Gasteiger partial charge in [0.25, 0.3) is 0 Å². The Morgan fingerprint density at radius 3 is 2.82 bits per heavy atom. The van der Waals surface area contributed by atoms with Crippen LogP contribution >= 0.6 is 0 Å². The largest absolute Gasteiger partial charge is 0.385 e. The van der Waals surface area contributed by atoms with E-state index < -0.39 is 6.04 Å². The number of hydrogen-bond donors (Lipinski definition) is 2. The second-order valence-corrected chi connectivity index (χ2v) is 5.11. The van der Waals surface area contributed by atoms with E-state index >= 15 is 0 Å². The van der Waals surface area contributed by atoms with Gasteiger partial charge in [-0.1, -0.05) is 5.16 Å². The molecular formula is C14H24N4O4. The molecule has 0 saturated carbocycles. The van der Waals surface area contributed by atoms with Crippen molar-refractivity contribution in [3.63, 3.8) is 0 Å². The number of aromatic nitrogens is 1. The smallest absolute Gasteiger partial charge is 0.243 e. The molecular weight excluding hydrogens is 288 g/mol. The Labute approximate surface area is 130 Å². The molecule has 22 heavy (non-hydrogen) atoms. The number of methoxy groups -OCH3 is 1. The average Bonchev–Trinajstić information content (AvgIpc) is 2.87. The van der Waals surface area contributed by atoms with E-state index in [9.17, 15) is 9.59 Å². The van der Waals surface area contributed by atoms with Crippen LogP contribution < -0.4 is 10.6 Å². The maximum atomic E-state index is 12.1. The van der Waals surface area contributed by atoms with Crippen LogP contribution in [-0.2, 0) is 14.3 Å². The first-order valence-electron chi connectivity index (χ1n) is 7.14. The first-order valence-corrected chi connectivity index (χ1v) is 7.14. The summed E-state index contributed by atoms with van der Waals surface area (Å²) in [6.07, 6.45) is 0.757. The molecule has 0 aliphatic rings. The molecule has 1 atom stereocenters. The van der Waals surface area contributed by atoms with E-state index in [1.165, 1.54) is 0 Å². The SMILES string of the molecule is COCCCNC(=O)CN(C)C(C)C(=O)Nc1cc(C)no1. The molecule has 1 rings (SSSR count). The maximum absolute atomic E-state index is 12.1. The second kappa shape index (κ2) is 9.16. The maximum Gasteiger partial charge on any atom is 0.243 e. The third kappa shape index (κ3) is 6.23. The fourth-order valence-corrected chi connectivity index (χ4v) is 1.71. The van der Waals surface area contributed by atoms with Crippen molar-refractivity contribution >= 4 is 17.7 Å². The normalized spacial score (nSPS) is 12.2. The van der Waals surface area contributed by atoms with Crippen molar-refractivity contribution < 1.29 is 18.8 Å². The van der Waals surface area contributed by atoms with Gasteiger partial charge in [0, 0.05) is 26.3 Å². The Hall–Kier alpha value is -1.93. The van der Waals surface area contributed by atoms with Crippen molar-refractivity contribution in [3.05, 3.63) is 11.8 Å². The van der Waals surface area contributed by atoms with Gasteiger partial charge >= 0.3 is 0 Å². The Morgan fingerprint density at radius 2 is 2.23 bits per heavy atom. The Bertz CT molecular complexity index is 489. The predicted molar refractivity (Wildman–Crippen MR) is 81.5 cm³/mol. The highest BCUT2D eigenvalue weighted by Gasteiger charge is 2.21. The van der Waals surface area contributed by atoms with E-state index in [1.807, 2.05) is 0 Å². The van der Waals surface area contributed by atoms with Crippen LogP contribution in [0.15, 0.2) is 10.6 Å². The number of anilines is 1. The lowest BCUT2D eigenvalue weighted by atomic mass is 10.2. The molecule has 8 heteroatoms. The van der Waals surface area contributed by atoms with Crippen LogP contribution in [0.5, 0.6) is 0 Å². The molecule has 0 aromatic carbocycles. The fourth-order valence-electron chi connectivity index (χ4n) is 1.71. The van der Waals surface area contributed by atoms with Crippen molar-refractivity contribution in [2.45, 2.75) is 26.3 Å². The van der Waals surface area contributed by atoms with Crippen molar-refractivity contribution in [1.29, 1.82) is 0 Å². The van der Waals surface area contributed by atoms with Gasteiger partial charge in [0.2, 0.25) is 17.7 Å². The highest BCUT2D eigenvalue weighted by atomic mass is 16.5. The van der Waals surface area contributed by atoms with Gasteiger partial charge < -0.3 is 14.6 Å². The van der Waals surface area contributed by atoms with Gasteiger partial charge in [-0.3, -0.25) is 19.8 Å². The number of carbonyl (C=O) groups excluding carboxylic acids is 2. The summed E-state index contributed by atoms with van der Waals surface area (Å²) in [5, 5.41) is 9.09. The van der Waals surface area contributed by atoms with Crippen LogP contribution in [0.1, 0.15) is 19.0 Å². The molecule has 0 fully saturated rings. The fraction of sp³-hybridized carbons (Fsp3) is 0.643. The zero-order valence-electron chi connectivity index (χ0n) is 13.5. The van der Waals surface area contributed by atoms with Crippen LogP contribution in [0.2, 0.25) is 0 Å². The zero-order chi connectivity index (χ0) is 16.5. The molecule has 1 heterocycles. The van der Waals surface area contributed by atoms with Crippen molar-refractivity contribution in [2.75, 3.05) is 39.2 Å². The summed E-state index contributed by atoms with van der Waals surface area (Å²) in [6, 6.07) is 1.16. The van der Waals surface area contributed by atoms with Gasteiger partial charge in [-0.05, 0) is 27.3 Å². The molecule has 0 radical (unpaired) electrons. The molecule has 0 aliphatic heterocycles. The summed E-state index contributed by atoms with van der Waals surface area (Å²) in [5.41, 5.74) is 0.687. The highest BCUT2D eigenvalue weighted by molar-refractivity contribution is 5.93. The van der Waals surface area contributed by atoms with Crippen LogP contribution in [-0.4, -0.2) is 61.8 Å².